The molecule has 1 aromatic heterocycles. The van der Waals surface area contributed by atoms with Crippen LogP contribution in [0, 0.1) is 0 Å². The maximum absolute atomic E-state index is 12.8. The fraction of sp³-hybridized carbons (Fsp3) is 0.182. The lowest BCUT2D eigenvalue weighted by molar-refractivity contribution is -0.138. The van der Waals surface area contributed by atoms with E-state index in [-0.39, 0.29) is 23.1 Å². The molecule has 0 spiro atoms. The van der Waals surface area contributed by atoms with Gasteiger partial charge < -0.3 is 4.74 Å². The van der Waals surface area contributed by atoms with E-state index >= 15 is 0 Å². The average molecular weight is 309 g/mol. The zero-order chi connectivity index (χ0) is 14.0. The minimum Gasteiger partial charge on any atom is -0.472 e. The minimum atomic E-state index is -4.48. The summed E-state index contributed by atoms with van der Waals surface area (Å²) in [6.07, 6.45) is -2.98. The maximum atomic E-state index is 12.8. The van der Waals surface area contributed by atoms with Crippen molar-refractivity contribution in [1.29, 1.82) is 0 Å². The SMILES string of the molecule is FC(F)(F)c1cccc(Cl)c1COc1ccn(S)n1. The molecule has 2 rings (SSSR count). The quantitative estimate of drug-likeness (QED) is 0.873. The molecule has 1 aromatic carbocycles. The van der Waals surface area contributed by atoms with Gasteiger partial charge in [-0.1, -0.05) is 17.7 Å². The topological polar surface area (TPSA) is 27.1 Å². The van der Waals surface area contributed by atoms with E-state index in [0.29, 0.717) is 0 Å². The molecule has 19 heavy (non-hydrogen) atoms. The van der Waals surface area contributed by atoms with Crippen molar-refractivity contribution < 1.29 is 17.9 Å². The Hall–Kier alpha value is -1.34. The number of hydrogen-bond donors (Lipinski definition) is 1. The third kappa shape index (κ3) is 3.36. The monoisotopic (exact) mass is 308 g/mol. The molecule has 8 heteroatoms. The van der Waals surface area contributed by atoms with Crippen LogP contribution in [0.25, 0.3) is 0 Å². The molecular weight excluding hydrogens is 301 g/mol. The lowest BCUT2D eigenvalue weighted by Gasteiger charge is -2.14. The highest BCUT2D eigenvalue weighted by atomic mass is 35.5. The molecule has 0 atom stereocenters. The zero-order valence-electron chi connectivity index (χ0n) is 9.36. The van der Waals surface area contributed by atoms with E-state index in [4.69, 9.17) is 16.3 Å². The summed E-state index contributed by atoms with van der Waals surface area (Å²) < 4.78 is 44.8. The Labute approximate surface area is 117 Å². The van der Waals surface area contributed by atoms with Gasteiger partial charge in [0.15, 0.2) is 0 Å². The summed E-state index contributed by atoms with van der Waals surface area (Å²) >= 11 is 9.68. The molecular formula is C11H8ClF3N2OS. The lowest BCUT2D eigenvalue weighted by Crippen LogP contribution is -2.11. The van der Waals surface area contributed by atoms with Crippen LogP contribution in [-0.2, 0) is 12.8 Å². The van der Waals surface area contributed by atoms with Gasteiger partial charge in [0.1, 0.15) is 6.61 Å². The number of thiol groups is 1. The van der Waals surface area contributed by atoms with Gasteiger partial charge in [0, 0.05) is 22.8 Å². The molecule has 0 saturated heterocycles. The fourth-order valence-corrected chi connectivity index (χ4v) is 1.88. The van der Waals surface area contributed by atoms with Gasteiger partial charge in [0.2, 0.25) is 5.88 Å². The van der Waals surface area contributed by atoms with Crippen LogP contribution in [0.5, 0.6) is 5.88 Å². The normalized spacial score (nSPS) is 11.6. The molecule has 0 N–H and O–H groups in total. The van der Waals surface area contributed by atoms with E-state index < -0.39 is 11.7 Å². The van der Waals surface area contributed by atoms with Gasteiger partial charge in [-0.25, -0.2) is 4.09 Å². The highest BCUT2D eigenvalue weighted by Crippen LogP contribution is 2.35. The fourth-order valence-electron chi connectivity index (χ4n) is 1.49. The van der Waals surface area contributed by atoms with Crippen molar-refractivity contribution in [2.24, 2.45) is 0 Å². The van der Waals surface area contributed by atoms with Crippen molar-refractivity contribution in [3.05, 3.63) is 46.6 Å². The first kappa shape index (κ1) is 14.1. The van der Waals surface area contributed by atoms with Crippen LogP contribution in [-0.4, -0.2) is 9.19 Å². The summed E-state index contributed by atoms with van der Waals surface area (Å²) in [5, 5.41) is 3.78. The predicted octanol–water partition coefficient (Wildman–Crippen LogP) is 3.83. The Morgan fingerprint density at radius 1 is 1.32 bits per heavy atom. The number of alkyl halides is 3. The molecule has 102 valence electrons. The Morgan fingerprint density at radius 3 is 2.63 bits per heavy atom. The van der Waals surface area contributed by atoms with Gasteiger partial charge in [-0.3, -0.25) is 0 Å². The molecule has 0 aliphatic heterocycles. The van der Waals surface area contributed by atoms with Crippen molar-refractivity contribution >= 4 is 24.4 Å². The van der Waals surface area contributed by atoms with E-state index in [1.54, 1.807) is 0 Å². The number of aromatic nitrogens is 2. The van der Waals surface area contributed by atoms with Crippen LogP contribution < -0.4 is 4.74 Å². The van der Waals surface area contributed by atoms with Crippen LogP contribution >= 0.6 is 24.4 Å². The Kier molecular flexibility index (Phi) is 3.96. The molecule has 0 fully saturated rings. The number of rotatable bonds is 3. The van der Waals surface area contributed by atoms with Gasteiger partial charge in [0.25, 0.3) is 0 Å². The molecule has 1 heterocycles. The zero-order valence-corrected chi connectivity index (χ0v) is 11.0. The summed E-state index contributed by atoms with van der Waals surface area (Å²) in [5.74, 6) is 0.169. The molecule has 0 amide bonds. The number of nitrogens with zero attached hydrogens (tertiary/aromatic N) is 2. The highest BCUT2D eigenvalue weighted by Gasteiger charge is 2.34. The maximum Gasteiger partial charge on any atom is 0.416 e. The first-order valence-electron chi connectivity index (χ1n) is 5.10. The van der Waals surface area contributed by atoms with Gasteiger partial charge >= 0.3 is 6.18 Å². The van der Waals surface area contributed by atoms with E-state index in [1.807, 2.05) is 0 Å². The number of benzene rings is 1. The second-order valence-electron chi connectivity index (χ2n) is 3.63. The number of hydrogen-bond acceptors (Lipinski definition) is 3. The summed E-state index contributed by atoms with van der Waals surface area (Å²) in [5.41, 5.74) is -0.935. The largest absolute Gasteiger partial charge is 0.472 e. The molecule has 0 aliphatic carbocycles. The van der Waals surface area contributed by atoms with Gasteiger partial charge in [-0.15, -0.1) is 5.10 Å². The van der Waals surface area contributed by atoms with Gasteiger partial charge in [0.05, 0.1) is 5.56 Å². The van der Waals surface area contributed by atoms with Crippen LogP contribution in [0.4, 0.5) is 13.2 Å². The third-order valence-corrected chi connectivity index (χ3v) is 2.92. The second-order valence-corrected chi connectivity index (χ2v) is 4.44. The summed E-state index contributed by atoms with van der Waals surface area (Å²) in [6, 6.07) is 5.07. The van der Waals surface area contributed by atoms with Crippen LogP contribution in [0.3, 0.4) is 0 Å². The number of ether oxygens (including phenoxy) is 1. The predicted molar refractivity (Wildman–Crippen MR) is 67.4 cm³/mol. The summed E-state index contributed by atoms with van der Waals surface area (Å²) in [4.78, 5) is 0. The van der Waals surface area contributed by atoms with E-state index in [0.717, 1.165) is 6.07 Å². The van der Waals surface area contributed by atoms with E-state index in [1.165, 1.54) is 28.5 Å². The second kappa shape index (κ2) is 5.34. The van der Waals surface area contributed by atoms with Crippen molar-refractivity contribution in [3.63, 3.8) is 0 Å². The van der Waals surface area contributed by atoms with Crippen LogP contribution in [0.15, 0.2) is 30.5 Å². The lowest BCUT2D eigenvalue weighted by atomic mass is 10.1. The average Bonchev–Trinajstić information content (AvgIpc) is 2.72. The molecule has 0 unspecified atom stereocenters. The van der Waals surface area contributed by atoms with Crippen LogP contribution in [0.1, 0.15) is 11.1 Å². The third-order valence-electron chi connectivity index (χ3n) is 2.34. The Balaban J connectivity index is 2.24. The van der Waals surface area contributed by atoms with Gasteiger partial charge in [-0.2, -0.15) is 13.2 Å². The smallest absolute Gasteiger partial charge is 0.416 e. The molecule has 3 nitrogen and oxygen atoms in total. The summed E-state index contributed by atoms with van der Waals surface area (Å²) in [6.45, 7) is -0.320. The van der Waals surface area contributed by atoms with E-state index in [2.05, 4.69) is 17.9 Å². The molecule has 0 radical (unpaired) electrons. The standard InChI is InChI=1S/C11H8ClF3N2OS/c12-9-3-1-2-8(11(13,14)15)7(9)6-18-10-4-5-17(19)16-10/h1-5,19H,6H2. The molecule has 0 aliphatic rings. The first-order chi connectivity index (χ1) is 8.88. The highest BCUT2D eigenvalue weighted by molar-refractivity contribution is 7.78. The van der Waals surface area contributed by atoms with Crippen molar-refractivity contribution in [3.8, 4) is 5.88 Å². The van der Waals surface area contributed by atoms with Gasteiger partial charge in [-0.05, 0) is 24.9 Å². The molecule has 2 aromatic rings. The number of halogens is 4. The summed E-state index contributed by atoms with van der Waals surface area (Å²) in [7, 11) is 0. The Bertz CT molecular complexity index is 586. The van der Waals surface area contributed by atoms with Crippen molar-refractivity contribution in [2.75, 3.05) is 0 Å². The van der Waals surface area contributed by atoms with Crippen molar-refractivity contribution in [1.82, 2.24) is 9.19 Å². The van der Waals surface area contributed by atoms with E-state index in [9.17, 15) is 13.2 Å². The van der Waals surface area contributed by atoms with Crippen molar-refractivity contribution in [2.45, 2.75) is 12.8 Å². The first-order valence-corrected chi connectivity index (χ1v) is 5.88. The van der Waals surface area contributed by atoms with Crippen LogP contribution in [0.2, 0.25) is 5.02 Å². The molecule has 0 bridgehead atoms. The minimum absolute atomic E-state index is 0.000121. The Morgan fingerprint density at radius 2 is 2.05 bits per heavy atom. The molecule has 0 saturated carbocycles.